The van der Waals surface area contributed by atoms with Gasteiger partial charge >= 0.3 is 43.7 Å². The fourth-order valence-corrected chi connectivity index (χ4v) is 2.49. The van der Waals surface area contributed by atoms with Crippen LogP contribution in [0.15, 0.2) is 0 Å². The Morgan fingerprint density at radius 2 is 0.684 bits per heavy atom. The van der Waals surface area contributed by atoms with E-state index in [1.807, 2.05) is 0 Å². The van der Waals surface area contributed by atoms with E-state index in [-0.39, 0.29) is 0 Å². The Labute approximate surface area is 139 Å². The molecule has 0 radical (unpaired) electrons. The van der Waals surface area contributed by atoms with Gasteiger partial charge in [0.15, 0.2) is 0 Å². The summed E-state index contributed by atoms with van der Waals surface area (Å²) >= 11 is -2.13. The summed E-state index contributed by atoms with van der Waals surface area (Å²) in [6.45, 7) is 0. The molecule has 115 valence electrons. The van der Waals surface area contributed by atoms with E-state index in [2.05, 4.69) is 6.42 Å². The zero-order valence-corrected chi connectivity index (χ0v) is 16.8. The molecule has 0 aliphatic heterocycles. The van der Waals surface area contributed by atoms with Gasteiger partial charge in [-0.1, -0.05) is 77.0 Å². The van der Waals surface area contributed by atoms with E-state index in [0.29, 0.717) is 0 Å². The molecule has 19 heavy (non-hydrogen) atoms. The van der Waals surface area contributed by atoms with Crippen LogP contribution in [0.4, 0.5) is 0 Å². The van der Waals surface area contributed by atoms with E-state index in [9.17, 15) is 0 Å². The molecule has 0 N–H and O–H groups in total. The van der Waals surface area contributed by atoms with E-state index < -0.39 is 18.2 Å². The average molecular weight is 407 g/mol. The van der Waals surface area contributed by atoms with Gasteiger partial charge in [-0.2, -0.15) is 12.8 Å². The number of hydrogen-bond donors (Lipinski definition) is 0. The maximum atomic E-state index is 5.00. The van der Waals surface area contributed by atoms with E-state index in [0.717, 1.165) is 0 Å². The van der Waals surface area contributed by atoms with Gasteiger partial charge in [0.25, 0.3) is 0 Å². The average Bonchev–Trinajstić information content (AvgIpc) is 2.36. The van der Waals surface area contributed by atoms with Gasteiger partial charge in [0.1, 0.15) is 0 Å². The molecular weight excluding hydrogens is 378 g/mol. The van der Waals surface area contributed by atoms with Crippen molar-refractivity contribution in [1.29, 1.82) is 0 Å². The monoisotopic (exact) mass is 404 g/mol. The fourth-order valence-electron chi connectivity index (χ4n) is 2.49. The van der Waals surface area contributed by atoms with Crippen molar-refractivity contribution in [3.05, 3.63) is 6.42 Å². The van der Waals surface area contributed by atoms with Crippen molar-refractivity contribution < 1.29 is 18.2 Å². The fraction of sp³-hybridized carbons (Fsp3) is 0.933. The van der Waals surface area contributed by atoms with Crippen molar-refractivity contribution in [3.63, 3.8) is 0 Å². The van der Waals surface area contributed by atoms with Gasteiger partial charge in [0.05, 0.1) is 0 Å². The minimum absolute atomic E-state index is 1.38. The Hall–Kier alpha value is 1.75. The van der Waals surface area contributed by atoms with Gasteiger partial charge < -0.3 is 6.42 Å². The van der Waals surface area contributed by atoms with Crippen LogP contribution in [0.25, 0.3) is 0 Å². The zero-order chi connectivity index (χ0) is 14.2. The molecule has 4 heteroatoms. The van der Waals surface area contributed by atoms with E-state index in [4.69, 9.17) is 25.5 Å². The Balaban J connectivity index is 0.000000711. The summed E-state index contributed by atoms with van der Waals surface area (Å²) in [5.41, 5.74) is 0. The Morgan fingerprint density at radius 1 is 0.474 bits per heavy atom. The predicted octanol–water partition coefficient (Wildman–Crippen LogP) is 7.73. The maximum absolute atomic E-state index is 5.00. The molecule has 0 aromatic carbocycles. The Bertz CT molecular complexity index is 104. The molecule has 0 spiro atoms. The summed E-state index contributed by atoms with van der Waals surface area (Å²) in [5, 5.41) is 0. The third-order valence-electron chi connectivity index (χ3n) is 3.57. The standard InChI is InChI=1S/C15H29.3ClH.Zr/c1-2-4-6-8-10-12-14-15-13-11-9-7-5-3-1;;;;/h1H,2-15H2;3*1H;/q-1;;;;+3/p-3. The molecule has 1 saturated carbocycles. The molecule has 0 heterocycles. The molecule has 1 aliphatic rings. The summed E-state index contributed by atoms with van der Waals surface area (Å²) in [6.07, 6.45) is 23.0. The topological polar surface area (TPSA) is 0 Å². The third-order valence-corrected chi connectivity index (χ3v) is 3.57. The van der Waals surface area contributed by atoms with Gasteiger partial charge in [-0.05, 0) is 0 Å². The van der Waals surface area contributed by atoms with Gasteiger partial charge in [0, 0.05) is 0 Å². The minimum atomic E-state index is -2.13. The van der Waals surface area contributed by atoms with Crippen molar-refractivity contribution >= 4 is 25.5 Å². The first-order valence-corrected chi connectivity index (χ1v) is 17.4. The van der Waals surface area contributed by atoms with Gasteiger partial charge in [-0.3, -0.25) is 0 Å². The van der Waals surface area contributed by atoms with Gasteiger partial charge in [0.2, 0.25) is 0 Å². The SMILES string of the molecule is [CH-]1CCCCCCCCCCCCCC1.[Cl][Zr]([Cl])[Cl]. The van der Waals surface area contributed by atoms with Crippen LogP contribution < -0.4 is 0 Å². The van der Waals surface area contributed by atoms with E-state index in [1.54, 1.807) is 0 Å². The van der Waals surface area contributed by atoms with Gasteiger partial charge in [-0.25, -0.2) is 0 Å². The van der Waals surface area contributed by atoms with Crippen LogP contribution in [0.5, 0.6) is 0 Å². The van der Waals surface area contributed by atoms with Crippen molar-refractivity contribution in [2.75, 3.05) is 0 Å². The first kappa shape index (κ1) is 20.8. The van der Waals surface area contributed by atoms with Crippen LogP contribution in [0, 0.1) is 6.42 Å². The molecule has 0 unspecified atom stereocenters. The van der Waals surface area contributed by atoms with Crippen LogP contribution in [0.3, 0.4) is 0 Å². The van der Waals surface area contributed by atoms with Crippen molar-refractivity contribution in [3.8, 4) is 0 Å². The summed E-state index contributed by atoms with van der Waals surface area (Å²) in [6, 6.07) is 0. The summed E-state index contributed by atoms with van der Waals surface area (Å²) in [5.74, 6) is 0. The molecule has 0 bridgehead atoms. The number of rotatable bonds is 0. The van der Waals surface area contributed by atoms with Crippen LogP contribution in [0.1, 0.15) is 89.9 Å². The van der Waals surface area contributed by atoms with E-state index in [1.165, 1.54) is 89.9 Å². The normalized spacial score (nSPS) is 20.4. The van der Waals surface area contributed by atoms with Crippen molar-refractivity contribution in [1.82, 2.24) is 0 Å². The Kier molecular flexibility index (Phi) is 19.4. The molecule has 0 amide bonds. The second-order valence-electron chi connectivity index (χ2n) is 5.32. The summed E-state index contributed by atoms with van der Waals surface area (Å²) in [4.78, 5) is 0. The summed E-state index contributed by atoms with van der Waals surface area (Å²) in [7, 11) is 15.0. The molecule has 1 fully saturated rings. The molecule has 1 rings (SSSR count). The van der Waals surface area contributed by atoms with Crippen LogP contribution >= 0.6 is 25.5 Å². The molecule has 0 saturated heterocycles. The van der Waals surface area contributed by atoms with Gasteiger partial charge in [-0.15, -0.1) is 0 Å². The van der Waals surface area contributed by atoms with Crippen LogP contribution in [-0.2, 0) is 18.2 Å². The zero-order valence-electron chi connectivity index (χ0n) is 12.1. The van der Waals surface area contributed by atoms with Crippen LogP contribution in [-0.4, -0.2) is 0 Å². The first-order chi connectivity index (χ1) is 9.23. The molecule has 0 aromatic heterocycles. The predicted molar refractivity (Wildman–Crippen MR) is 86.5 cm³/mol. The number of halogens is 3. The second kappa shape index (κ2) is 17.8. The van der Waals surface area contributed by atoms with Crippen LogP contribution in [0.2, 0.25) is 0 Å². The summed E-state index contributed by atoms with van der Waals surface area (Å²) < 4.78 is 0. The molecule has 0 atom stereocenters. The molecular formula is C15H29Cl3Zr-. The van der Waals surface area contributed by atoms with E-state index >= 15 is 0 Å². The first-order valence-electron chi connectivity index (χ1n) is 7.88. The third kappa shape index (κ3) is 22.2. The molecule has 0 nitrogen and oxygen atoms in total. The molecule has 0 aromatic rings. The number of hydrogen-bond acceptors (Lipinski definition) is 0. The van der Waals surface area contributed by atoms with Crippen molar-refractivity contribution in [2.45, 2.75) is 89.9 Å². The second-order valence-corrected chi connectivity index (χ2v) is 16.5. The van der Waals surface area contributed by atoms with Crippen molar-refractivity contribution in [2.24, 2.45) is 0 Å². The Morgan fingerprint density at radius 3 is 0.947 bits per heavy atom. The molecule has 1 aliphatic carbocycles. The quantitative estimate of drug-likeness (QED) is 0.361.